The Hall–Kier alpha value is -2.81. The number of hydrogen-bond donors (Lipinski definition) is 3. The van der Waals surface area contributed by atoms with Crippen LogP contribution < -0.4 is 21.3 Å². The summed E-state index contributed by atoms with van der Waals surface area (Å²) in [7, 11) is 3.15. The normalized spacial score (nSPS) is 26.5. The molecule has 0 saturated heterocycles. The third kappa shape index (κ3) is 3.74. The molecule has 2 aliphatic rings. The Labute approximate surface area is 168 Å². The fourth-order valence-electron chi connectivity index (χ4n) is 4.40. The quantitative estimate of drug-likeness (QED) is 0.666. The number of amides is 3. The summed E-state index contributed by atoms with van der Waals surface area (Å²) in [5.74, 6) is -1.90. The van der Waals surface area contributed by atoms with Crippen molar-refractivity contribution in [3.8, 4) is 0 Å². The zero-order valence-corrected chi connectivity index (χ0v) is 16.6. The van der Waals surface area contributed by atoms with E-state index in [4.69, 9.17) is 5.73 Å². The van der Waals surface area contributed by atoms with Gasteiger partial charge in [-0.2, -0.15) is 0 Å². The van der Waals surface area contributed by atoms with Crippen LogP contribution in [0.3, 0.4) is 0 Å². The van der Waals surface area contributed by atoms with Crippen LogP contribution >= 0.6 is 0 Å². The van der Waals surface area contributed by atoms with E-state index < -0.39 is 17.4 Å². The van der Waals surface area contributed by atoms with Crippen molar-refractivity contribution in [2.24, 2.45) is 22.6 Å². The second-order valence-corrected chi connectivity index (χ2v) is 7.52. The van der Waals surface area contributed by atoms with E-state index in [-0.39, 0.29) is 35.9 Å². The van der Waals surface area contributed by atoms with E-state index in [2.05, 4.69) is 15.6 Å². The van der Waals surface area contributed by atoms with Gasteiger partial charge in [0.25, 0.3) is 5.91 Å². The molecule has 0 aromatic heterocycles. The molecule has 1 heterocycles. The average molecular weight is 403 g/mol. The molecule has 1 fully saturated rings. The lowest BCUT2D eigenvalue weighted by molar-refractivity contribution is -0.126. The van der Waals surface area contributed by atoms with E-state index in [9.17, 15) is 18.8 Å². The van der Waals surface area contributed by atoms with Crippen molar-refractivity contribution in [3.63, 3.8) is 0 Å². The molecular formula is C20H26FN5O3. The predicted molar refractivity (Wildman–Crippen MR) is 107 cm³/mol. The number of benzene rings is 1. The predicted octanol–water partition coefficient (Wildman–Crippen LogP) is 0.567. The van der Waals surface area contributed by atoms with Crippen molar-refractivity contribution in [1.29, 1.82) is 0 Å². The summed E-state index contributed by atoms with van der Waals surface area (Å²) < 4.78 is 13.1. The van der Waals surface area contributed by atoms with Crippen molar-refractivity contribution in [2.75, 3.05) is 25.7 Å². The molecule has 156 valence electrons. The molecule has 1 aliphatic carbocycles. The number of aliphatic imine (C=N–C) groups is 1. The number of anilines is 1. The molecule has 29 heavy (non-hydrogen) atoms. The number of halogens is 1. The highest BCUT2D eigenvalue weighted by Gasteiger charge is 2.54. The number of rotatable bonds is 5. The Bertz CT molecular complexity index is 833. The second-order valence-electron chi connectivity index (χ2n) is 7.52. The standard InChI is InChI=1S/C20H26FN5O3/c1-23-17(27)16-20(19(22)29,25-11-24-16)13-5-3-12(4-6-13)18(28)26(2)15-9-7-14(21)8-10-15/h7-10,12-13,25H,3-6,11H2,1-2H3,(H2,22,29)(H,23,27). The van der Waals surface area contributed by atoms with Crippen LogP contribution in [0.5, 0.6) is 0 Å². The molecule has 0 radical (unpaired) electrons. The van der Waals surface area contributed by atoms with Crippen LogP contribution in [-0.2, 0) is 14.4 Å². The van der Waals surface area contributed by atoms with Gasteiger partial charge >= 0.3 is 0 Å². The van der Waals surface area contributed by atoms with Crippen LogP contribution in [0.1, 0.15) is 25.7 Å². The lowest BCUT2D eigenvalue weighted by atomic mass is 9.69. The van der Waals surface area contributed by atoms with E-state index >= 15 is 0 Å². The molecule has 9 heteroatoms. The summed E-state index contributed by atoms with van der Waals surface area (Å²) in [6.45, 7) is 0.151. The molecular weight excluding hydrogens is 377 g/mol. The van der Waals surface area contributed by atoms with Gasteiger partial charge in [0, 0.05) is 25.7 Å². The van der Waals surface area contributed by atoms with E-state index in [1.807, 2.05) is 0 Å². The number of nitrogens with two attached hydrogens (primary N) is 1. The topological polar surface area (TPSA) is 117 Å². The van der Waals surface area contributed by atoms with Gasteiger partial charge in [-0.3, -0.25) is 24.7 Å². The lowest BCUT2D eigenvalue weighted by Crippen LogP contribution is -2.65. The zero-order chi connectivity index (χ0) is 21.2. The van der Waals surface area contributed by atoms with Gasteiger partial charge in [-0.15, -0.1) is 0 Å². The summed E-state index contributed by atoms with van der Waals surface area (Å²) in [5.41, 5.74) is 5.14. The molecule has 3 amide bonds. The van der Waals surface area contributed by atoms with Crippen LogP contribution in [0.25, 0.3) is 0 Å². The molecule has 8 nitrogen and oxygen atoms in total. The largest absolute Gasteiger partial charge is 0.368 e. The Kier molecular flexibility index (Phi) is 5.97. The molecule has 3 rings (SSSR count). The molecule has 1 aromatic rings. The highest BCUT2D eigenvalue weighted by atomic mass is 19.1. The first kappa shape index (κ1) is 20.9. The van der Waals surface area contributed by atoms with E-state index in [0.29, 0.717) is 31.4 Å². The number of primary amides is 1. The SMILES string of the molecule is CNC(=O)C1=NCNC1(C(N)=O)C1CCC(C(=O)N(C)c2ccc(F)cc2)CC1. The Morgan fingerprint density at radius 2 is 1.83 bits per heavy atom. The second kappa shape index (κ2) is 8.28. The van der Waals surface area contributed by atoms with Crippen molar-refractivity contribution in [1.82, 2.24) is 10.6 Å². The minimum absolute atomic E-state index is 0.0530. The summed E-state index contributed by atoms with van der Waals surface area (Å²) in [4.78, 5) is 43.2. The Balaban J connectivity index is 1.71. The van der Waals surface area contributed by atoms with E-state index in [1.54, 1.807) is 19.2 Å². The third-order valence-corrected chi connectivity index (χ3v) is 6.03. The third-order valence-electron chi connectivity index (χ3n) is 6.03. The van der Waals surface area contributed by atoms with Gasteiger partial charge in [-0.25, -0.2) is 4.39 Å². The minimum Gasteiger partial charge on any atom is -0.368 e. The molecule has 0 spiro atoms. The van der Waals surface area contributed by atoms with Crippen LogP contribution in [-0.4, -0.2) is 49.7 Å². The highest BCUT2D eigenvalue weighted by Crippen LogP contribution is 2.38. The van der Waals surface area contributed by atoms with Crippen LogP contribution in [0.2, 0.25) is 0 Å². The summed E-state index contributed by atoms with van der Waals surface area (Å²) >= 11 is 0. The molecule has 1 aromatic carbocycles. The van der Waals surface area contributed by atoms with Gasteiger partial charge in [0.2, 0.25) is 11.8 Å². The number of nitrogens with zero attached hydrogens (tertiary/aromatic N) is 2. The van der Waals surface area contributed by atoms with E-state index in [1.165, 1.54) is 24.1 Å². The number of carbonyl (C=O) groups is 3. The molecule has 0 bridgehead atoms. The molecule has 1 unspecified atom stereocenters. The molecule has 1 saturated carbocycles. The smallest absolute Gasteiger partial charge is 0.267 e. The lowest BCUT2D eigenvalue weighted by Gasteiger charge is -2.40. The number of nitrogens with one attached hydrogen (secondary N) is 2. The maximum absolute atomic E-state index is 13.1. The molecule has 1 atom stereocenters. The van der Waals surface area contributed by atoms with Gasteiger partial charge in [0.05, 0.1) is 6.67 Å². The summed E-state index contributed by atoms with van der Waals surface area (Å²) in [6, 6.07) is 5.76. The van der Waals surface area contributed by atoms with Crippen molar-refractivity contribution in [2.45, 2.75) is 31.2 Å². The number of hydrogen-bond acceptors (Lipinski definition) is 5. The zero-order valence-electron chi connectivity index (χ0n) is 16.6. The van der Waals surface area contributed by atoms with Crippen LogP contribution in [0, 0.1) is 17.7 Å². The first-order valence-corrected chi connectivity index (χ1v) is 9.66. The van der Waals surface area contributed by atoms with Gasteiger partial charge in [0.1, 0.15) is 17.1 Å². The fraction of sp³-hybridized carbons (Fsp3) is 0.500. The maximum atomic E-state index is 13.1. The van der Waals surface area contributed by atoms with Crippen molar-refractivity contribution < 1.29 is 18.8 Å². The monoisotopic (exact) mass is 403 g/mol. The Morgan fingerprint density at radius 3 is 2.38 bits per heavy atom. The average Bonchev–Trinajstić information content (AvgIpc) is 3.19. The van der Waals surface area contributed by atoms with E-state index in [0.717, 1.165) is 0 Å². The molecule has 1 aliphatic heterocycles. The Morgan fingerprint density at radius 1 is 1.21 bits per heavy atom. The summed E-state index contributed by atoms with van der Waals surface area (Å²) in [5, 5.41) is 5.55. The van der Waals surface area contributed by atoms with Gasteiger partial charge in [0.15, 0.2) is 0 Å². The highest BCUT2D eigenvalue weighted by molar-refractivity contribution is 6.47. The van der Waals surface area contributed by atoms with Gasteiger partial charge < -0.3 is 16.0 Å². The fourth-order valence-corrected chi connectivity index (χ4v) is 4.40. The van der Waals surface area contributed by atoms with Crippen molar-refractivity contribution in [3.05, 3.63) is 30.1 Å². The summed E-state index contributed by atoms with van der Waals surface area (Å²) in [6.07, 6.45) is 2.23. The van der Waals surface area contributed by atoms with Crippen LogP contribution in [0.4, 0.5) is 10.1 Å². The van der Waals surface area contributed by atoms with Crippen molar-refractivity contribution >= 4 is 29.1 Å². The molecule has 4 N–H and O–H groups in total. The number of carbonyl (C=O) groups excluding carboxylic acids is 3. The van der Waals surface area contributed by atoms with Crippen LogP contribution in [0.15, 0.2) is 29.3 Å². The van der Waals surface area contributed by atoms with Gasteiger partial charge in [-0.05, 0) is 55.9 Å². The first-order valence-electron chi connectivity index (χ1n) is 9.66. The minimum atomic E-state index is -1.31. The maximum Gasteiger partial charge on any atom is 0.267 e. The van der Waals surface area contributed by atoms with Gasteiger partial charge in [-0.1, -0.05) is 0 Å². The first-order chi connectivity index (χ1) is 13.8.